The number of pyridine rings is 1. The Kier molecular flexibility index (Phi) is 4.50. The number of anilines is 2. The van der Waals surface area contributed by atoms with E-state index in [2.05, 4.69) is 25.5 Å². The van der Waals surface area contributed by atoms with E-state index in [-0.39, 0.29) is 22.9 Å². The summed E-state index contributed by atoms with van der Waals surface area (Å²) in [6.45, 7) is 2.46. The number of hydrogen-bond donors (Lipinski definition) is 2. The minimum Gasteiger partial charge on any atom is -0.355 e. The molecule has 1 aromatic carbocycles. The average molecular weight is 444 g/mol. The third kappa shape index (κ3) is 3.44. The van der Waals surface area contributed by atoms with Gasteiger partial charge in [-0.3, -0.25) is 5.10 Å². The summed E-state index contributed by atoms with van der Waals surface area (Å²) in [6, 6.07) is 5.42. The molecule has 2 aliphatic heterocycles. The van der Waals surface area contributed by atoms with Crippen molar-refractivity contribution in [1.82, 2.24) is 15.2 Å². The van der Waals surface area contributed by atoms with Crippen molar-refractivity contribution >= 4 is 32.9 Å². The molecule has 8 nitrogen and oxygen atoms in total. The summed E-state index contributed by atoms with van der Waals surface area (Å²) in [6.07, 6.45) is 1.54. The Hall–Kier alpha value is -3.34. The Labute approximate surface area is 177 Å². The molecule has 5 rings (SSSR count). The Morgan fingerprint density at radius 3 is 2.55 bits per heavy atom. The normalized spacial score (nSPS) is 17.3. The standard InChI is InChI=1S/C20H18F2N6O2S/c1-11-18-19(27-26-11)12-9-16(28-5-7-31(29,30)8-6-28)23-10-15(12)24-20(25-18)17-13(21)3-2-4-14(17)22/h2-4,9-10H,5-8H2,1H3,(H,24,25)(H,26,27). The highest BCUT2D eigenvalue weighted by molar-refractivity contribution is 7.91. The summed E-state index contributed by atoms with van der Waals surface area (Å²) in [5.74, 6) is -0.734. The van der Waals surface area contributed by atoms with Crippen LogP contribution in [0.15, 0.2) is 35.5 Å². The molecule has 0 saturated carbocycles. The number of aryl methyl sites for hydroxylation is 1. The molecular weight excluding hydrogens is 426 g/mol. The maximum atomic E-state index is 14.5. The van der Waals surface area contributed by atoms with Crippen molar-refractivity contribution in [1.29, 1.82) is 0 Å². The molecule has 1 fully saturated rings. The van der Waals surface area contributed by atoms with E-state index in [1.54, 1.807) is 19.2 Å². The zero-order valence-corrected chi connectivity index (χ0v) is 17.3. The van der Waals surface area contributed by atoms with Crippen molar-refractivity contribution in [3.8, 4) is 11.3 Å². The SMILES string of the molecule is Cc1[nH]nc2c1N=C(c1c(F)cccc1F)Nc1cnc(N3CCS(=O)(=O)CC3)cc1-2. The van der Waals surface area contributed by atoms with Gasteiger partial charge >= 0.3 is 0 Å². The monoisotopic (exact) mass is 444 g/mol. The zero-order valence-electron chi connectivity index (χ0n) is 16.5. The molecule has 0 spiro atoms. The lowest BCUT2D eigenvalue weighted by Gasteiger charge is -2.28. The third-order valence-electron chi connectivity index (χ3n) is 5.40. The number of fused-ring (bicyclic) bond motifs is 3. The van der Waals surface area contributed by atoms with Gasteiger partial charge in [0.05, 0.1) is 34.6 Å². The number of rotatable bonds is 2. The topological polar surface area (TPSA) is 103 Å². The van der Waals surface area contributed by atoms with E-state index < -0.39 is 21.5 Å². The number of nitrogens with one attached hydrogen (secondary N) is 2. The predicted octanol–water partition coefficient (Wildman–Crippen LogP) is 2.80. The lowest BCUT2D eigenvalue weighted by molar-refractivity contribution is 0.579. The fraction of sp³-hybridized carbons (Fsp3) is 0.250. The molecule has 3 aromatic rings. The van der Waals surface area contributed by atoms with Crippen molar-refractivity contribution in [2.24, 2.45) is 4.99 Å². The highest BCUT2D eigenvalue weighted by Crippen LogP contribution is 2.40. The molecule has 0 amide bonds. The Morgan fingerprint density at radius 2 is 1.84 bits per heavy atom. The van der Waals surface area contributed by atoms with E-state index >= 15 is 0 Å². The Balaban J connectivity index is 1.61. The highest BCUT2D eigenvalue weighted by atomic mass is 32.2. The number of nitrogens with zero attached hydrogens (tertiary/aromatic N) is 4. The van der Waals surface area contributed by atoms with Crippen LogP contribution in [0.4, 0.5) is 26.0 Å². The Bertz CT molecular complexity index is 1300. The summed E-state index contributed by atoms with van der Waals surface area (Å²) in [5, 5.41) is 10.2. The van der Waals surface area contributed by atoms with E-state index in [9.17, 15) is 17.2 Å². The van der Waals surface area contributed by atoms with Crippen LogP contribution in [0.5, 0.6) is 0 Å². The molecule has 31 heavy (non-hydrogen) atoms. The lowest BCUT2D eigenvalue weighted by atomic mass is 10.1. The molecule has 0 unspecified atom stereocenters. The molecule has 0 aliphatic carbocycles. The molecule has 0 bridgehead atoms. The molecule has 11 heteroatoms. The average Bonchev–Trinajstić information content (AvgIpc) is 2.99. The number of aromatic amines is 1. The fourth-order valence-electron chi connectivity index (χ4n) is 3.71. The van der Waals surface area contributed by atoms with Gasteiger partial charge in [-0.25, -0.2) is 27.2 Å². The first kappa shape index (κ1) is 19.6. The van der Waals surface area contributed by atoms with Gasteiger partial charge < -0.3 is 10.2 Å². The van der Waals surface area contributed by atoms with Crippen LogP contribution in [0, 0.1) is 18.6 Å². The van der Waals surface area contributed by atoms with Crippen molar-refractivity contribution in [3.63, 3.8) is 0 Å². The fourth-order valence-corrected chi connectivity index (χ4v) is 4.91. The third-order valence-corrected chi connectivity index (χ3v) is 7.01. The van der Waals surface area contributed by atoms with Crippen molar-refractivity contribution in [2.75, 3.05) is 34.8 Å². The van der Waals surface area contributed by atoms with Crippen molar-refractivity contribution in [2.45, 2.75) is 6.92 Å². The van der Waals surface area contributed by atoms with Crippen LogP contribution < -0.4 is 10.2 Å². The van der Waals surface area contributed by atoms with E-state index in [1.807, 2.05) is 4.90 Å². The minimum atomic E-state index is -3.03. The van der Waals surface area contributed by atoms with Crippen LogP contribution in [0.25, 0.3) is 11.3 Å². The zero-order chi connectivity index (χ0) is 21.8. The van der Waals surface area contributed by atoms with Gasteiger partial charge in [0.25, 0.3) is 0 Å². The quantitative estimate of drug-likeness (QED) is 0.630. The van der Waals surface area contributed by atoms with E-state index in [0.717, 1.165) is 0 Å². The van der Waals surface area contributed by atoms with E-state index in [4.69, 9.17) is 0 Å². The summed E-state index contributed by atoms with van der Waals surface area (Å²) in [7, 11) is -3.03. The van der Waals surface area contributed by atoms with Gasteiger partial charge in [-0.15, -0.1) is 0 Å². The molecule has 2 N–H and O–H groups in total. The molecule has 1 saturated heterocycles. The lowest BCUT2D eigenvalue weighted by Crippen LogP contribution is -2.40. The molecule has 4 heterocycles. The van der Waals surface area contributed by atoms with Gasteiger partial charge in [0.2, 0.25) is 0 Å². The van der Waals surface area contributed by atoms with Gasteiger partial charge in [0, 0.05) is 18.7 Å². The molecule has 2 aliphatic rings. The molecule has 160 valence electrons. The first-order valence-electron chi connectivity index (χ1n) is 9.63. The number of amidine groups is 1. The van der Waals surface area contributed by atoms with Crippen LogP contribution in [-0.4, -0.2) is 54.0 Å². The van der Waals surface area contributed by atoms with Gasteiger partial charge in [0.15, 0.2) is 9.84 Å². The molecule has 2 aromatic heterocycles. The van der Waals surface area contributed by atoms with Crippen LogP contribution >= 0.6 is 0 Å². The number of H-pyrrole nitrogens is 1. The van der Waals surface area contributed by atoms with Crippen molar-refractivity contribution in [3.05, 3.63) is 53.4 Å². The maximum absolute atomic E-state index is 14.5. The van der Waals surface area contributed by atoms with Crippen LogP contribution in [-0.2, 0) is 9.84 Å². The van der Waals surface area contributed by atoms with Gasteiger partial charge in [-0.05, 0) is 25.1 Å². The number of benzene rings is 1. The second-order valence-corrected chi connectivity index (χ2v) is 9.76. The summed E-state index contributed by atoms with van der Waals surface area (Å²) >= 11 is 0. The number of halogens is 2. The summed E-state index contributed by atoms with van der Waals surface area (Å²) in [5.41, 5.74) is 2.48. The number of sulfone groups is 1. The first-order chi connectivity index (χ1) is 14.8. The van der Waals surface area contributed by atoms with E-state index in [1.165, 1.54) is 18.2 Å². The van der Waals surface area contributed by atoms with E-state index in [0.29, 0.717) is 47.2 Å². The van der Waals surface area contributed by atoms with Crippen LogP contribution in [0.1, 0.15) is 11.3 Å². The minimum absolute atomic E-state index is 0.0127. The predicted molar refractivity (Wildman–Crippen MR) is 114 cm³/mol. The van der Waals surface area contributed by atoms with Crippen LogP contribution in [0.3, 0.4) is 0 Å². The smallest absolute Gasteiger partial charge is 0.153 e. The summed E-state index contributed by atoms with van der Waals surface area (Å²) < 4.78 is 52.4. The number of aliphatic imine (C=N–C) groups is 1. The second kappa shape index (κ2) is 7.12. The highest BCUT2D eigenvalue weighted by Gasteiger charge is 2.27. The second-order valence-electron chi connectivity index (χ2n) is 7.45. The number of aromatic nitrogens is 3. The molecular formula is C20H18F2N6O2S. The molecule has 0 atom stereocenters. The van der Waals surface area contributed by atoms with Crippen LogP contribution in [0.2, 0.25) is 0 Å². The largest absolute Gasteiger partial charge is 0.355 e. The van der Waals surface area contributed by atoms with Gasteiger partial charge in [-0.2, -0.15) is 5.10 Å². The number of hydrogen-bond acceptors (Lipinski definition) is 7. The molecule has 0 radical (unpaired) electrons. The first-order valence-corrected chi connectivity index (χ1v) is 11.5. The van der Waals surface area contributed by atoms with Gasteiger partial charge in [-0.1, -0.05) is 6.07 Å². The Morgan fingerprint density at radius 1 is 1.13 bits per heavy atom. The van der Waals surface area contributed by atoms with Gasteiger partial charge in [0.1, 0.15) is 34.7 Å². The van der Waals surface area contributed by atoms with Crippen molar-refractivity contribution < 1.29 is 17.2 Å². The maximum Gasteiger partial charge on any atom is 0.153 e. The summed E-state index contributed by atoms with van der Waals surface area (Å²) in [4.78, 5) is 10.8.